The quantitative estimate of drug-likeness (QED) is 0.523. The summed E-state index contributed by atoms with van der Waals surface area (Å²) >= 11 is 1.61. The van der Waals surface area contributed by atoms with Crippen molar-refractivity contribution in [3.63, 3.8) is 0 Å². The fourth-order valence-electron chi connectivity index (χ4n) is 2.66. The first-order valence-corrected chi connectivity index (χ1v) is 10.1. The molecule has 2 rings (SSSR count). The number of aliphatic imine (C=N–C) groups is 1. The van der Waals surface area contributed by atoms with Crippen LogP contribution in [0.1, 0.15) is 36.2 Å². The SMILES string of the molecule is CN=C(NCCc1ccc(NC(C)=O)cc1)N(C)Cc1csc(C(C)OC)n1. The third-order valence-electron chi connectivity index (χ3n) is 4.21. The molecule has 7 nitrogen and oxygen atoms in total. The third kappa shape index (κ3) is 6.61. The molecule has 1 aromatic carbocycles. The maximum atomic E-state index is 11.1. The fourth-order valence-corrected chi connectivity index (χ4v) is 3.50. The minimum Gasteiger partial charge on any atom is -0.375 e. The number of thiazole rings is 1. The molecule has 2 N–H and O–H groups in total. The van der Waals surface area contributed by atoms with Crippen molar-refractivity contribution in [2.75, 3.05) is 33.1 Å². The van der Waals surface area contributed by atoms with Gasteiger partial charge in [0.05, 0.1) is 12.2 Å². The molecule has 1 amide bonds. The van der Waals surface area contributed by atoms with Crippen molar-refractivity contribution in [1.82, 2.24) is 15.2 Å². The number of nitrogens with one attached hydrogen (secondary N) is 2. The lowest BCUT2D eigenvalue weighted by Crippen LogP contribution is -2.39. The molecule has 8 heteroatoms. The molecule has 1 aromatic heterocycles. The Morgan fingerprint density at radius 2 is 2.07 bits per heavy atom. The highest BCUT2D eigenvalue weighted by molar-refractivity contribution is 7.09. The number of carbonyl (C=O) groups excluding carboxylic acids is 1. The topological polar surface area (TPSA) is 78.9 Å². The van der Waals surface area contributed by atoms with E-state index in [1.807, 2.05) is 38.2 Å². The Balaban J connectivity index is 1.83. The second-order valence-corrected chi connectivity index (χ2v) is 7.40. The minimum absolute atomic E-state index is 0.0125. The van der Waals surface area contributed by atoms with Gasteiger partial charge in [0.25, 0.3) is 0 Å². The maximum Gasteiger partial charge on any atom is 0.221 e. The Morgan fingerprint density at radius 1 is 1.36 bits per heavy atom. The zero-order chi connectivity index (χ0) is 20.5. The van der Waals surface area contributed by atoms with Crippen LogP contribution in [0, 0.1) is 0 Å². The molecule has 0 saturated heterocycles. The number of nitrogens with zero attached hydrogens (tertiary/aromatic N) is 3. The van der Waals surface area contributed by atoms with Crippen LogP contribution in [0.2, 0.25) is 0 Å². The number of amides is 1. The molecular formula is C20H29N5O2S. The van der Waals surface area contributed by atoms with Crippen LogP contribution in [-0.2, 0) is 22.5 Å². The van der Waals surface area contributed by atoms with E-state index in [9.17, 15) is 4.79 Å². The Bertz CT molecular complexity index is 788. The van der Waals surface area contributed by atoms with Crippen molar-refractivity contribution in [3.8, 4) is 0 Å². The average molecular weight is 404 g/mol. The number of guanidine groups is 1. The molecule has 0 aliphatic rings. The normalized spacial score (nSPS) is 12.5. The van der Waals surface area contributed by atoms with Crippen LogP contribution in [0.25, 0.3) is 0 Å². The van der Waals surface area contributed by atoms with Gasteiger partial charge in [-0.3, -0.25) is 9.79 Å². The van der Waals surface area contributed by atoms with Crippen molar-refractivity contribution in [2.24, 2.45) is 4.99 Å². The Kier molecular flexibility index (Phi) is 8.41. The van der Waals surface area contributed by atoms with Gasteiger partial charge in [0.15, 0.2) is 5.96 Å². The van der Waals surface area contributed by atoms with E-state index in [-0.39, 0.29) is 12.0 Å². The lowest BCUT2D eigenvalue weighted by Gasteiger charge is -2.21. The predicted molar refractivity (Wildman–Crippen MR) is 115 cm³/mol. The van der Waals surface area contributed by atoms with E-state index in [0.717, 1.165) is 35.3 Å². The average Bonchev–Trinajstić information content (AvgIpc) is 3.13. The summed E-state index contributed by atoms with van der Waals surface area (Å²) in [6.07, 6.45) is 0.873. The van der Waals surface area contributed by atoms with Crippen molar-refractivity contribution in [1.29, 1.82) is 0 Å². The number of hydrogen-bond acceptors (Lipinski definition) is 5. The highest BCUT2D eigenvalue weighted by Gasteiger charge is 2.12. The number of carbonyl (C=O) groups is 1. The number of ether oxygens (including phenoxy) is 1. The Morgan fingerprint density at radius 3 is 2.68 bits per heavy atom. The second kappa shape index (κ2) is 10.8. The van der Waals surface area contributed by atoms with Gasteiger partial charge in [-0.25, -0.2) is 4.98 Å². The molecule has 0 aliphatic heterocycles. The molecule has 28 heavy (non-hydrogen) atoms. The number of rotatable bonds is 8. The Hall–Kier alpha value is -2.45. The highest BCUT2D eigenvalue weighted by Crippen LogP contribution is 2.20. The van der Waals surface area contributed by atoms with Crippen LogP contribution >= 0.6 is 11.3 Å². The molecule has 0 spiro atoms. The van der Waals surface area contributed by atoms with Crippen LogP contribution < -0.4 is 10.6 Å². The number of methoxy groups -OCH3 is 1. The molecule has 2 aromatic rings. The van der Waals surface area contributed by atoms with Gasteiger partial charge in [0.2, 0.25) is 5.91 Å². The molecule has 1 heterocycles. The van der Waals surface area contributed by atoms with Crippen LogP contribution in [0.4, 0.5) is 5.69 Å². The van der Waals surface area contributed by atoms with Gasteiger partial charge in [-0.2, -0.15) is 0 Å². The summed E-state index contributed by atoms with van der Waals surface area (Å²) in [5, 5.41) is 9.20. The second-order valence-electron chi connectivity index (χ2n) is 6.51. The van der Waals surface area contributed by atoms with Gasteiger partial charge in [0, 0.05) is 45.7 Å². The molecule has 0 saturated carbocycles. The summed E-state index contributed by atoms with van der Waals surface area (Å²) in [5.74, 6) is 0.759. The van der Waals surface area contributed by atoms with E-state index >= 15 is 0 Å². The Labute approximate surface area is 170 Å². The molecule has 0 radical (unpaired) electrons. The smallest absolute Gasteiger partial charge is 0.221 e. The van der Waals surface area contributed by atoms with Crippen LogP contribution in [0.5, 0.6) is 0 Å². The van der Waals surface area contributed by atoms with E-state index in [0.29, 0.717) is 6.54 Å². The van der Waals surface area contributed by atoms with Crippen LogP contribution in [-0.4, -0.2) is 49.5 Å². The maximum absolute atomic E-state index is 11.1. The lowest BCUT2D eigenvalue weighted by molar-refractivity contribution is -0.114. The highest BCUT2D eigenvalue weighted by atomic mass is 32.1. The van der Waals surface area contributed by atoms with Crippen molar-refractivity contribution >= 4 is 28.9 Å². The van der Waals surface area contributed by atoms with Gasteiger partial charge in [0.1, 0.15) is 11.1 Å². The van der Waals surface area contributed by atoms with E-state index in [1.54, 1.807) is 25.5 Å². The monoisotopic (exact) mass is 403 g/mol. The first kappa shape index (κ1) is 21.8. The summed E-state index contributed by atoms with van der Waals surface area (Å²) in [4.78, 5) is 22.1. The molecule has 1 atom stereocenters. The molecule has 0 aliphatic carbocycles. The summed E-state index contributed by atoms with van der Waals surface area (Å²) in [5.41, 5.74) is 3.01. The van der Waals surface area contributed by atoms with E-state index in [2.05, 4.69) is 30.9 Å². The van der Waals surface area contributed by atoms with Crippen molar-refractivity contribution < 1.29 is 9.53 Å². The number of benzene rings is 1. The predicted octanol–water partition coefficient (Wildman–Crippen LogP) is 3.06. The molecule has 0 fully saturated rings. The number of hydrogen-bond donors (Lipinski definition) is 2. The standard InChI is InChI=1S/C20H29N5O2S/c1-14(27-5)19-24-18(13-28-19)12-25(4)20(21-3)22-11-10-16-6-8-17(9-7-16)23-15(2)26/h6-9,13-14H,10-12H2,1-5H3,(H,21,22)(H,23,26). The molecule has 152 valence electrons. The van der Waals surface area contributed by atoms with Crippen molar-refractivity contribution in [3.05, 3.63) is 45.9 Å². The summed E-state index contributed by atoms with van der Waals surface area (Å²) < 4.78 is 5.32. The van der Waals surface area contributed by atoms with Gasteiger partial charge < -0.3 is 20.3 Å². The molecule has 0 bridgehead atoms. The number of aromatic nitrogens is 1. The van der Waals surface area contributed by atoms with Gasteiger partial charge in [-0.15, -0.1) is 11.3 Å². The van der Waals surface area contributed by atoms with E-state index in [4.69, 9.17) is 4.74 Å². The fraction of sp³-hybridized carbons (Fsp3) is 0.450. The first-order valence-electron chi connectivity index (χ1n) is 9.18. The van der Waals surface area contributed by atoms with Crippen molar-refractivity contribution in [2.45, 2.75) is 32.9 Å². The zero-order valence-electron chi connectivity index (χ0n) is 17.2. The zero-order valence-corrected chi connectivity index (χ0v) is 18.0. The minimum atomic E-state index is -0.0647. The summed E-state index contributed by atoms with van der Waals surface area (Å²) in [6.45, 7) is 4.94. The van der Waals surface area contributed by atoms with Gasteiger partial charge >= 0.3 is 0 Å². The molecular weight excluding hydrogens is 374 g/mol. The third-order valence-corrected chi connectivity index (χ3v) is 5.27. The van der Waals surface area contributed by atoms with Gasteiger partial charge in [-0.05, 0) is 31.0 Å². The first-order chi connectivity index (χ1) is 13.4. The van der Waals surface area contributed by atoms with Gasteiger partial charge in [-0.1, -0.05) is 12.1 Å². The number of anilines is 1. The lowest BCUT2D eigenvalue weighted by atomic mass is 10.1. The van der Waals surface area contributed by atoms with Crippen LogP contribution in [0.15, 0.2) is 34.6 Å². The summed E-state index contributed by atoms with van der Waals surface area (Å²) in [6, 6.07) is 7.87. The van der Waals surface area contributed by atoms with E-state index < -0.39 is 0 Å². The van der Waals surface area contributed by atoms with E-state index in [1.165, 1.54) is 12.5 Å². The van der Waals surface area contributed by atoms with Crippen LogP contribution in [0.3, 0.4) is 0 Å². The largest absolute Gasteiger partial charge is 0.375 e. The summed E-state index contributed by atoms with van der Waals surface area (Å²) in [7, 11) is 5.47. The molecule has 1 unspecified atom stereocenters.